The van der Waals surface area contributed by atoms with E-state index < -0.39 is 0 Å². The van der Waals surface area contributed by atoms with Gasteiger partial charge in [-0.05, 0) is 40.3 Å². The first kappa shape index (κ1) is 12.0. The third-order valence-electron chi connectivity index (χ3n) is 2.86. The third-order valence-corrected chi connectivity index (χ3v) is 2.86. The molecule has 1 saturated heterocycles. The number of ether oxygens (including phenoxy) is 1. The summed E-state index contributed by atoms with van der Waals surface area (Å²) in [4.78, 5) is 2.22. The fourth-order valence-corrected chi connectivity index (χ4v) is 2.13. The molecular weight excluding hydrogens is 176 g/mol. The molecule has 3 atom stereocenters. The van der Waals surface area contributed by atoms with Crippen LogP contribution in [-0.4, -0.2) is 50.8 Å². The highest BCUT2D eigenvalue weighted by Crippen LogP contribution is 2.16. The van der Waals surface area contributed by atoms with Crippen molar-refractivity contribution in [3.63, 3.8) is 0 Å². The van der Waals surface area contributed by atoms with Crippen molar-refractivity contribution in [1.82, 2.24) is 10.2 Å². The van der Waals surface area contributed by atoms with E-state index in [4.69, 9.17) is 4.74 Å². The molecule has 0 aromatic heterocycles. The molecule has 0 aromatic rings. The summed E-state index contributed by atoms with van der Waals surface area (Å²) in [5, 5.41) is 3.63. The van der Waals surface area contributed by atoms with E-state index in [1.165, 1.54) is 6.42 Å². The van der Waals surface area contributed by atoms with Gasteiger partial charge in [0.15, 0.2) is 0 Å². The van der Waals surface area contributed by atoms with Crippen LogP contribution in [0.25, 0.3) is 0 Å². The summed E-state index contributed by atoms with van der Waals surface area (Å²) >= 11 is 0. The fraction of sp³-hybridized carbons (Fsp3) is 1.00. The van der Waals surface area contributed by atoms with Crippen LogP contribution < -0.4 is 5.32 Å². The molecule has 0 spiro atoms. The normalized spacial score (nSPS) is 26.8. The molecule has 3 heteroatoms. The van der Waals surface area contributed by atoms with Crippen LogP contribution in [-0.2, 0) is 4.74 Å². The third kappa shape index (κ3) is 3.95. The first-order valence-corrected chi connectivity index (χ1v) is 5.58. The van der Waals surface area contributed by atoms with Gasteiger partial charge >= 0.3 is 0 Å². The second-order valence-electron chi connectivity index (χ2n) is 4.74. The number of likely N-dealkylation sites (N-methyl/N-ethyl adjacent to an activating group) is 1. The van der Waals surface area contributed by atoms with Crippen LogP contribution in [0.1, 0.15) is 20.3 Å². The Hall–Kier alpha value is -0.120. The molecule has 0 bridgehead atoms. The SMILES string of the molecule is CC(CN(C)C)NC(C)C1CCOC1. The van der Waals surface area contributed by atoms with Crippen molar-refractivity contribution < 1.29 is 4.74 Å². The molecule has 1 heterocycles. The van der Waals surface area contributed by atoms with Gasteiger partial charge in [-0.2, -0.15) is 0 Å². The van der Waals surface area contributed by atoms with Gasteiger partial charge in [0.2, 0.25) is 0 Å². The minimum Gasteiger partial charge on any atom is -0.381 e. The van der Waals surface area contributed by atoms with Crippen molar-refractivity contribution in [2.45, 2.75) is 32.4 Å². The van der Waals surface area contributed by atoms with Gasteiger partial charge in [0.05, 0.1) is 6.61 Å². The molecule has 1 fully saturated rings. The molecule has 0 aromatic carbocycles. The summed E-state index contributed by atoms with van der Waals surface area (Å²) in [6, 6.07) is 1.13. The molecular formula is C11H24N2O. The Morgan fingerprint density at radius 3 is 2.64 bits per heavy atom. The summed E-state index contributed by atoms with van der Waals surface area (Å²) in [6.07, 6.45) is 1.21. The molecule has 84 valence electrons. The monoisotopic (exact) mass is 200 g/mol. The molecule has 0 saturated carbocycles. The van der Waals surface area contributed by atoms with Crippen molar-refractivity contribution in [3.05, 3.63) is 0 Å². The lowest BCUT2D eigenvalue weighted by atomic mass is 10.00. The van der Waals surface area contributed by atoms with Gasteiger partial charge in [-0.25, -0.2) is 0 Å². The van der Waals surface area contributed by atoms with Crippen LogP contribution in [0, 0.1) is 5.92 Å². The Balaban J connectivity index is 2.21. The van der Waals surface area contributed by atoms with Crippen molar-refractivity contribution >= 4 is 0 Å². The van der Waals surface area contributed by atoms with Crippen LogP contribution >= 0.6 is 0 Å². The molecule has 0 radical (unpaired) electrons. The van der Waals surface area contributed by atoms with Crippen molar-refractivity contribution in [2.75, 3.05) is 33.9 Å². The molecule has 14 heavy (non-hydrogen) atoms. The van der Waals surface area contributed by atoms with Gasteiger partial charge < -0.3 is 15.0 Å². The first-order chi connectivity index (χ1) is 6.59. The predicted octanol–water partition coefficient (Wildman–Crippen LogP) is 0.951. The molecule has 1 aliphatic rings. The van der Waals surface area contributed by atoms with Crippen LogP contribution in [0.15, 0.2) is 0 Å². The quantitative estimate of drug-likeness (QED) is 0.715. The second-order valence-corrected chi connectivity index (χ2v) is 4.74. The van der Waals surface area contributed by atoms with E-state index in [2.05, 4.69) is 38.2 Å². The van der Waals surface area contributed by atoms with Crippen molar-refractivity contribution in [3.8, 4) is 0 Å². The zero-order valence-electron chi connectivity index (χ0n) is 9.92. The number of nitrogens with one attached hydrogen (secondary N) is 1. The van der Waals surface area contributed by atoms with Crippen molar-refractivity contribution in [2.24, 2.45) is 5.92 Å². The van der Waals surface area contributed by atoms with Crippen molar-refractivity contribution in [1.29, 1.82) is 0 Å². The van der Waals surface area contributed by atoms with E-state index >= 15 is 0 Å². The van der Waals surface area contributed by atoms with Gasteiger partial charge in [-0.1, -0.05) is 0 Å². The van der Waals surface area contributed by atoms with Crippen LogP contribution in [0.4, 0.5) is 0 Å². The lowest BCUT2D eigenvalue weighted by molar-refractivity contribution is 0.175. The molecule has 3 unspecified atom stereocenters. The summed E-state index contributed by atoms with van der Waals surface area (Å²) in [7, 11) is 4.23. The van der Waals surface area contributed by atoms with Gasteiger partial charge in [0, 0.05) is 25.2 Å². The van der Waals surface area contributed by atoms with Crippen LogP contribution in [0.2, 0.25) is 0 Å². The highest BCUT2D eigenvalue weighted by Gasteiger charge is 2.23. The number of nitrogens with zero attached hydrogens (tertiary/aromatic N) is 1. The summed E-state index contributed by atoms with van der Waals surface area (Å²) in [5.41, 5.74) is 0. The van der Waals surface area contributed by atoms with Crippen LogP contribution in [0.5, 0.6) is 0 Å². The largest absolute Gasteiger partial charge is 0.381 e. The smallest absolute Gasteiger partial charge is 0.0509 e. The Morgan fingerprint density at radius 2 is 2.14 bits per heavy atom. The standard InChI is InChI=1S/C11H24N2O/c1-9(7-13(3)4)12-10(2)11-5-6-14-8-11/h9-12H,5-8H2,1-4H3. The van der Waals surface area contributed by atoms with E-state index in [0.717, 1.165) is 19.8 Å². The van der Waals surface area contributed by atoms with E-state index in [0.29, 0.717) is 18.0 Å². The summed E-state index contributed by atoms with van der Waals surface area (Å²) in [6.45, 7) is 7.48. The lowest BCUT2D eigenvalue weighted by Crippen LogP contribution is -2.44. The zero-order chi connectivity index (χ0) is 10.6. The maximum absolute atomic E-state index is 5.39. The van der Waals surface area contributed by atoms with E-state index in [1.54, 1.807) is 0 Å². The zero-order valence-corrected chi connectivity index (χ0v) is 9.92. The minimum absolute atomic E-state index is 0.556. The molecule has 1 aliphatic heterocycles. The minimum atomic E-state index is 0.556. The fourth-order valence-electron chi connectivity index (χ4n) is 2.13. The highest BCUT2D eigenvalue weighted by molar-refractivity contribution is 4.78. The highest BCUT2D eigenvalue weighted by atomic mass is 16.5. The number of hydrogen-bond donors (Lipinski definition) is 1. The Morgan fingerprint density at radius 1 is 1.43 bits per heavy atom. The Kier molecular flexibility index (Phi) is 4.85. The second kappa shape index (κ2) is 5.69. The first-order valence-electron chi connectivity index (χ1n) is 5.58. The molecule has 0 aliphatic carbocycles. The summed E-state index contributed by atoms with van der Waals surface area (Å²) < 4.78 is 5.39. The topological polar surface area (TPSA) is 24.5 Å². The van der Waals surface area contributed by atoms with E-state index in [9.17, 15) is 0 Å². The number of hydrogen-bond acceptors (Lipinski definition) is 3. The Bertz CT molecular complexity index is 155. The lowest BCUT2D eigenvalue weighted by Gasteiger charge is -2.25. The summed E-state index contributed by atoms with van der Waals surface area (Å²) in [5.74, 6) is 0.708. The van der Waals surface area contributed by atoms with E-state index in [-0.39, 0.29) is 0 Å². The predicted molar refractivity (Wildman–Crippen MR) is 59.5 cm³/mol. The van der Waals surface area contributed by atoms with Gasteiger partial charge in [-0.3, -0.25) is 0 Å². The average Bonchev–Trinajstić information content (AvgIpc) is 2.53. The maximum Gasteiger partial charge on any atom is 0.0509 e. The van der Waals surface area contributed by atoms with E-state index in [1.807, 2.05) is 0 Å². The van der Waals surface area contributed by atoms with Gasteiger partial charge in [0.25, 0.3) is 0 Å². The average molecular weight is 200 g/mol. The Labute approximate surface area is 87.8 Å². The molecule has 0 amide bonds. The van der Waals surface area contributed by atoms with Gasteiger partial charge in [0.1, 0.15) is 0 Å². The molecule has 1 rings (SSSR count). The van der Waals surface area contributed by atoms with Crippen LogP contribution in [0.3, 0.4) is 0 Å². The number of rotatable bonds is 5. The molecule has 1 N–H and O–H groups in total. The molecule has 3 nitrogen and oxygen atoms in total. The van der Waals surface area contributed by atoms with Gasteiger partial charge in [-0.15, -0.1) is 0 Å². The maximum atomic E-state index is 5.39.